The molecule has 4 nitrogen and oxygen atoms in total. The molecule has 0 unspecified atom stereocenters. The van der Waals surface area contributed by atoms with E-state index in [1.165, 1.54) is 0 Å². The van der Waals surface area contributed by atoms with E-state index >= 15 is 0 Å². The lowest BCUT2D eigenvalue weighted by Gasteiger charge is -2.23. The minimum absolute atomic E-state index is 0.00663. The quantitative estimate of drug-likeness (QED) is 0.774. The summed E-state index contributed by atoms with van der Waals surface area (Å²) in [5, 5.41) is 3.50. The fourth-order valence-electron chi connectivity index (χ4n) is 3.40. The maximum atomic E-state index is 12.7. The van der Waals surface area contributed by atoms with Gasteiger partial charge in [0.2, 0.25) is 11.8 Å². The van der Waals surface area contributed by atoms with Crippen LogP contribution in [0.15, 0.2) is 42.5 Å². The van der Waals surface area contributed by atoms with E-state index in [0.29, 0.717) is 23.2 Å². The molecule has 142 valence electrons. The van der Waals surface area contributed by atoms with Crippen LogP contribution in [0.25, 0.3) is 0 Å². The number of halogens is 1. The number of nitrogens with zero attached hydrogens (tertiary/aromatic N) is 1. The molecule has 0 spiro atoms. The number of hydrogen-bond acceptors (Lipinski definition) is 2. The Balaban J connectivity index is 1.75. The number of amides is 2. The van der Waals surface area contributed by atoms with Crippen LogP contribution in [0.3, 0.4) is 0 Å². The van der Waals surface area contributed by atoms with Crippen LogP contribution in [0, 0.1) is 12.8 Å². The van der Waals surface area contributed by atoms with Gasteiger partial charge in [-0.3, -0.25) is 9.59 Å². The normalized spacial score (nSPS) is 17.9. The van der Waals surface area contributed by atoms with E-state index in [4.69, 9.17) is 11.6 Å². The predicted molar refractivity (Wildman–Crippen MR) is 110 cm³/mol. The van der Waals surface area contributed by atoms with Crippen molar-refractivity contribution in [2.24, 2.45) is 5.92 Å². The van der Waals surface area contributed by atoms with Gasteiger partial charge in [-0.05, 0) is 48.6 Å². The average molecular weight is 385 g/mol. The number of nitrogens with one attached hydrogen (secondary N) is 1. The van der Waals surface area contributed by atoms with Gasteiger partial charge in [-0.15, -0.1) is 0 Å². The Labute approximate surface area is 165 Å². The minimum Gasteiger partial charge on any atom is -0.326 e. The van der Waals surface area contributed by atoms with E-state index < -0.39 is 0 Å². The molecule has 0 saturated carbocycles. The number of carbonyl (C=O) groups is 2. The molecule has 27 heavy (non-hydrogen) atoms. The molecule has 2 aromatic rings. The Morgan fingerprint density at radius 1 is 1.30 bits per heavy atom. The summed E-state index contributed by atoms with van der Waals surface area (Å²) in [6, 6.07) is 13.4. The maximum absolute atomic E-state index is 12.7. The predicted octanol–water partition coefficient (Wildman–Crippen LogP) is 5.15. The molecule has 1 aliphatic rings. The molecule has 2 amide bonds. The van der Waals surface area contributed by atoms with E-state index in [0.717, 1.165) is 23.2 Å². The second kappa shape index (κ2) is 8.13. The van der Waals surface area contributed by atoms with Crippen molar-refractivity contribution in [1.29, 1.82) is 0 Å². The van der Waals surface area contributed by atoms with Crippen LogP contribution < -0.4 is 10.2 Å². The molecule has 2 aromatic carbocycles. The van der Waals surface area contributed by atoms with Crippen LogP contribution >= 0.6 is 11.6 Å². The third-order valence-electron chi connectivity index (χ3n) is 5.31. The SMILES string of the molecule is CC[C@H](C)c1ccccc1N1C[C@H](C(=O)Nc2ccc(C)c(Cl)c2)CC1=O. The number of anilines is 2. The van der Waals surface area contributed by atoms with Gasteiger partial charge in [-0.1, -0.05) is 49.7 Å². The Kier molecular flexibility index (Phi) is 5.85. The summed E-state index contributed by atoms with van der Waals surface area (Å²) in [6.45, 7) is 6.61. The summed E-state index contributed by atoms with van der Waals surface area (Å²) in [6.07, 6.45) is 1.22. The van der Waals surface area contributed by atoms with E-state index in [-0.39, 0.29) is 24.2 Å². The molecule has 0 aliphatic carbocycles. The van der Waals surface area contributed by atoms with Crippen LogP contribution in [0.5, 0.6) is 0 Å². The lowest BCUT2D eigenvalue weighted by Crippen LogP contribution is -2.29. The molecule has 1 saturated heterocycles. The standard InChI is InChI=1S/C22H25ClN2O2/c1-4-14(2)18-7-5-6-8-20(18)25-13-16(11-21(25)26)22(27)24-17-10-9-15(3)19(23)12-17/h5-10,12,14,16H,4,11,13H2,1-3H3,(H,24,27)/t14-,16+/m0/s1. The summed E-state index contributed by atoms with van der Waals surface area (Å²) < 4.78 is 0. The van der Waals surface area contributed by atoms with E-state index in [1.807, 2.05) is 37.3 Å². The van der Waals surface area contributed by atoms with Crippen LogP contribution in [0.2, 0.25) is 5.02 Å². The fourth-order valence-corrected chi connectivity index (χ4v) is 3.58. The van der Waals surface area contributed by atoms with Crippen molar-refractivity contribution < 1.29 is 9.59 Å². The molecule has 2 atom stereocenters. The number of para-hydroxylation sites is 1. The highest BCUT2D eigenvalue weighted by atomic mass is 35.5. The zero-order valence-electron chi connectivity index (χ0n) is 16.0. The molecule has 3 rings (SSSR count). The van der Waals surface area contributed by atoms with E-state index in [9.17, 15) is 9.59 Å². The Bertz CT molecular complexity index is 865. The molecule has 0 bridgehead atoms. The minimum atomic E-state index is -0.373. The van der Waals surface area contributed by atoms with Crippen LogP contribution in [0.1, 0.15) is 43.7 Å². The van der Waals surface area contributed by atoms with Gasteiger partial charge < -0.3 is 10.2 Å². The van der Waals surface area contributed by atoms with Crippen LogP contribution in [-0.4, -0.2) is 18.4 Å². The second-order valence-electron chi connectivity index (χ2n) is 7.23. The number of hydrogen-bond donors (Lipinski definition) is 1. The number of benzene rings is 2. The number of carbonyl (C=O) groups excluding carboxylic acids is 2. The largest absolute Gasteiger partial charge is 0.326 e. The number of aryl methyl sites for hydroxylation is 1. The lowest BCUT2D eigenvalue weighted by atomic mass is 9.96. The van der Waals surface area contributed by atoms with E-state index in [1.54, 1.807) is 11.0 Å². The first kappa shape index (κ1) is 19.4. The summed E-state index contributed by atoms with van der Waals surface area (Å²) >= 11 is 6.13. The van der Waals surface area contributed by atoms with Crippen molar-refractivity contribution in [2.45, 2.75) is 39.5 Å². The van der Waals surface area contributed by atoms with Crippen LogP contribution in [0.4, 0.5) is 11.4 Å². The average Bonchev–Trinajstić information content (AvgIpc) is 3.06. The van der Waals surface area contributed by atoms with E-state index in [2.05, 4.69) is 25.2 Å². The highest BCUT2D eigenvalue weighted by Gasteiger charge is 2.36. The lowest BCUT2D eigenvalue weighted by molar-refractivity contribution is -0.122. The molecular weight excluding hydrogens is 360 g/mol. The van der Waals surface area contributed by atoms with Crippen molar-refractivity contribution in [1.82, 2.24) is 0 Å². The highest BCUT2D eigenvalue weighted by molar-refractivity contribution is 6.31. The summed E-state index contributed by atoms with van der Waals surface area (Å²) in [5.41, 5.74) is 3.69. The summed E-state index contributed by atoms with van der Waals surface area (Å²) in [5.74, 6) is -0.168. The Morgan fingerprint density at radius 2 is 2.04 bits per heavy atom. The first-order valence-corrected chi connectivity index (χ1v) is 9.74. The van der Waals surface area contributed by atoms with Gasteiger partial charge >= 0.3 is 0 Å². The fraction of sp³-hybridized carbons (Fsp3) is 0.364. The van der Waals surface area contributed by atoms with Gasteiger partial charge in [0, 0.05) is 29.4 Å². The molecular formula is C22H25ClN2O2. The van der Waals surface area contributed by atoms with Gasteiger partial charge in [0.15, 0.2) is 0 Å². The zero-order chi connectivity index (χ0) is 19.6. The van der Waals surface area contributed by atoms with Crippen LogP contribution in [-0.2, 0) is 9.59 Å². The second-order valence-corrected chi connectivity index (χ2v) is 7.63. The molecule has 0 radical (unpaired) electrons. The van der Waals surface area contributed by atoms with Crippen molar-refractivity contribution >= 4 is 34.8 Å². The topological polar surface area (TPSA) is 49.4 Å². The van der Waals surface area contributed by atoms with Gasteiger partial charge in [-0.2, -0.15) is 0 Å². The molecule has 1 fully saturated rings. The highest BCUT2D eigenvalue weighted by Crippen LogP contribution is 2.33. The zero-order valence-corrected chi connectivity index (χ0v) is 16.7. The Hall–Kier alpha value is -2.33. The smallest absolute Gasteiger partial charge is 0.229 e. The van der Waals surface area contributed by atoms with Crippen molar-refractivity contribution in [2.75, 3.05) is 16.8 Å². The summed E-state index contributed by atoms with van der Waals surface area (Å²) in [4.78, 5) is 27.1. The Morgan fingerprint density at radius 3 is 2.74 bits per heavy atom. The first-order valence-electron chi connectivity index (χ1n) is 9.37. The van der Waals surface area contributed by atoms with Crippen molar-refractivity contribution in [3.05, 3.63) is 58.6 Å². The molecule has 1 heterocycles. The molecule has 0 aromatic heterocycles. The van der Waals surface area contributed by atoms with Gasteiger partial charge in [0.1, 0.15) is 0 Å². The van der Waals surface area contributed by atoms with Gasteiger partial charge in [0.05, 0.1) is 5.92 Å². The molecule has 1 N–H and O–H groups in total. The van der Waals surface area contributed by atoms with Gasteiger partial charge in [-0.25, -0.2) is 0 Å². The monoisotopic (exact) mass is 384 g/mol. The third-order valence-corrected chi connectivity index (χ3v) is 5.71. The van der Waals surface area contributed by atoms with Crippen molar-refractivity contribution in [3.8, 4) is 0 Å². The third kappa shape index (κ3) is 4.16. The van der Waals surface area contributed by atoms with Gasteiger partial charge in [0.25, 0.3) is 0 Å². The van der Waals surface area contributed by atoms with Crippen molar-refractivity contribution in [3.63, 3.8) is 0 Å². The summed E-state index contributed by atoms with van der Waals surface area (Å²) in [7, 11) is 0. The molecule has 5 heteroatoms. The molecule has 1 aliphatic heterocycles. The number of rotatable bonds is 5. The first-order chi connectivity index (χ1) is 12.9. The maximum Gasteiger partial charge on any atom is 0.229 e.